The molecule has 3 amide bonds. The molecule has 0 aliphatic carbocycles. The van der Waals surface area contributed by atoms with Gasteiger partial charge in [0.05, 0.1) is 23.5 Å². The van der Waals surface area contributed by atoms with Gasteiger partial charge in [-0.2, -0.15) is 5.10 Å². The first-order chi connectivity index (χ1) is 17.9. The lowest BCUT2D eigenvalue weighted by molar-refractivity contribution is -0.136. The summed E-state index contributed by atoms with van der Waals surface area (Å²) >= 11 is 0. The van der Waals surface area contributed by atoms with Gasteiger partial charge in [0.2, 0.25) is 18.2 Å². The maximum Gasteiger partial charge on any atom is 0.231 e. The van der Waals surface area contributed by atoms with E-state index in [9.17, 15) is 14.4 Å². The van der Waals surface area contributed by atoms with E-state index in [0.29, 0.717) is 62.6 Å². The number of aryl methyl sites for hydroxylation is 1. The van der Waals surface area contributed by atoms with E-state index < -0.39 is 5.41 Å². The number of hydrogen-bond donors (Lipinski definition) is 2. The molecule has 1 saturated heterocycles. The van der Waals surface area contributed by atoms with Crippen LogP contribution in [0.4, 0.5) is 5.82 Å². The third kappa shape index (κ3) is 6.29. The molecule has 0 aromatic carbocycles. The third-order valence-electron chi connectivity index (χ3n) is 6.68. The quantitative estimate of drug-likeness (QED) is 0.320. The first-order valence-electron chi connectivity index (χ1n) is 12.3. The smallest absolute Gasteiger partial charge is 0.231 e. The lowest BCUT2D eigenvalue weighted by Crippen LogP contribution is -2.49. The molecule has 0 atom stereocenters. The minimum Gasteiger partial charge on any atom is -0.456 e. The largest absolute Gasteiger partial charge is 0.456 e. The van der Waals surface area contributed by atoms with Gasteiger partial charge in [0.15, 0.2) is 0 Å². The van der Waals surface area contributed by atoms with Crippen LogP contribution in [0.3, 0.4) is 0 Å². The standard InChI is InChI=1S/C26H31N7O4/c1-3-33-17-20(15-30-33)23-14-21(6-10-28-23)37-22-4-5-24(29-16-22)31-25(36)26(7-11-27-18-34)8-12-32(13-9-26)19(2)35/h4-6,10,14-18H,3,7-9,11-13H2,1-2H3,(H,27,34)(H,29,31,36). The van der Waals surface area contributed by atoms with Crippen LogP contribution in [0.1, 0.15) is 33.1 Å². The van der Waals surface area contributed by atoms with Crippen LogP contribution in [0.15, 0.2) is 49.1 Å². The third-order valence-corrected chi connectivity index (χ3v) is 6.68. The Morgan fingerprint density at radius 3 is 2.59 bits per heavy atom. The molecule has 4 heterocycles. The zero-order valence-corrected chi connectivity index (χ0v) is 21.0. The lowest BCUT2D eigenvalue weighted by atomic mass is 9.74. The van der Waals surface area contributed by atoms with Gasteiger partial charge in [-0.25, -0.2) is 4.98 Å². The van der Waals surface area contributed by atoms with Crippen LogP contribution in [0.2, 0.25) is 0 Å². The highest BCUT2D eigenvalue weighted by Crippen LogP contribution is 2.36. The Labute approximate surface area is 215 Å². The predicted molar refractivity (Wildman–Crippen MR) is 137 cm³/mol. The Balaban J connectivity index is 1.41. The van der Waals surface area contributed by atoms with E-state index in [0.717, 1.165) is 17.8 Å². The number of anilines is 1. The second kappa shape index (κ2) is 11.6. The molecule has 4 rings (SSSR count). The van der Waals surface area contributed by atoms with Crippen molar-refractivity contribution in [1.29, 1.82) is 0 Å². The van der Waals surface area contributed by atoms with E-state index in [1.807, 2.05) is 23.9 Å². The molecule has 194 valence electrons. The average Bonchev–Trinajstić information content (AvgIpc) is 3.40. The summed E-state index contributed by atoms with van der Waals surface area (Å²) in [4.78, 5) is 46.3. The van der Waals surface area contributed by atoms with E-state index in [1.54, 1.807) is 41.7 Å². The molecule has 0 unspecified atom stereocenters. The molecule has 0 radical (unpaired) electrons. The molecule has 3 aromatic heterocycles. The Morgan fingerprint density at radius 2 is 1.95 bits per heavy atom. The van der Waals surface area contributed by atoms with Crippen molar-refractivity contribution in [1.82, 2.24) is 30.0 Å². The maximum absolute atomic E-state index is 13.3. The van der Waals surface area contributed by atoms with Gasteiger partial charge in [-0.05, 0) is 44.4 Å². The number of piperidine rings is 1. The highest BCUT2D eigenvalue weighted by molar-refractivity contribution is 5.95. The van der Waals surface area contributed by atoms with Crippen molar-refractivity contribution in [2.24, 2.45) is 5.41 Å². The van der Waals surface area contributed by atoms with Crippen LogP contribution in [0.5, 0.6) is 11.5 Å². The number of ether oxygens (including phenoxy) is 1. The molecule has 3 aromatic rings. The Morgan fingerprint density at radius 1 is 1.14 bits per heavy atom. The van der Waals surface area contributed by atoms with Crippen LogP contribution in [0.25, 0.3) is 11.3 Å². The fraction of sp³-hybridized carbons (Fsp3) is 0.385. The van der Waals surface area contributed by atoms with Crippen LogP contribution >= 0.6 is 0 Å². The summed E-state index contributed by atoms with van der Waals surface area (Å²) in [6.07, 6.45) is 9.04. The van der Waals surface area contributed by atoms with Crippen molar-refractivity contribution >= 4 is 24.0 Å². The number of nitrogens with one attached hydrogen (secondary N) is 2. The monoisotopic (exact) mass is 505 g/mol. The number of carbonyl (C=O) groups is 3. The maximum atomic E-state index is 13.3. The SMILES string of the molecule is CCn1cc(-c2cc(Oc3ccc(NC(=O)C4(CCNC=O)CCN(C(C)=O)CC4)nc3)ccn2)cn1. The molecular weight excluding hydrogens is 474 g/mol. The molecule has 37 heavy (non-hydrogen) atoms. The average molecular weight is 506 g/mol. The van der Waals surface area contributed by atoms with Crippen molar-refractivity contribution in [2.45, 2.75) is 39.7 Å². The number of likely N-dealkylation sites (tertiary alicyclic amines) is 1. The fourth-order valence-corrected chi connectivity index (χ4v) is 4.41. The second-order valence-corrected chi connectivity index (χ2v) is 9.01. The topological polar surface area (TPSA) is 131 Å². The van der Waals surface area contributed by atoms with Gasteiger partial charge < -0.3 is 20.3 Å². The predicted octanol–water partition coefficient (Wildman–Crippen LogP) is 2.86. The Kier molecular flexibility index (Phi) is 8.11. The molecule has 1 fully saturated rings. The highest BCUT2D eigenvalue weighted by Gasteiger charge is 2.41. The summed E-state index contributed by atoms with van der Waals surface area (Å²) in [5.41, 5.74) is 0.951. The van der Waals surface area contributed by atoms with Gasteiger partial charge >= 0.3 is 0 Å². The molecule has 0 spiro atoms. The van der Waals surface area contributed by atoms with E-state index in [1.165, 1.54) is 6.92 Å². The normalized spacial score (nSPS) is 14.6. The fourth-order valence-electron chi connectivity index (χ4n) is 4.41. The molecule has 11 heteroatoms. The number of amides is 3. The number of hydrogen-bond acceptors (Lipinski definition) is 7. The molecule has 11 nitrogen and oxygen atoms in total. The lowest BCUT2D eigenvalue weighted by Gasteiger charge is -2.40. The van der Waals surface area contributed by atoms with E-state index >= 15 is 0 Å². The second-order valence-electron chi connectivity index (χ2n) is 9.01. The molecule has 1 aliphatic heterocycles. The van der Waals surface area contributed by atoms with Gasteiger partial charge in [-0.15, -0.1) is 0 Å². The molecule has 2 N–H and O–H groups in total. The summed E-state index contributed by atoms with van der Waals surface area (Å²) in [7, 11) is 0. The van der Waals surface area contributed by atoms with Gasteiger partial charge in [0.25, 0.3) is 0 Å². The first-order valence-corrected chi connectivity index (χ1v) is 12.3. The zero-order valence-electron chi connectivity index (χ0n) is 21.0. The molecule has 0 saturated carbocycles. The number of aromatic nitrogens is 4. The van der Waals surface area contributed by atoms with Crippen LogP contribution in [-0.4, -0.2) is 62.5 Å². The summed E-state index contributed by atoms with van der Waals surface area (Å²) in [6.45, 7) is 5.70. The van der Waals surface area contributed by atoms with E-state index in [4.69, 9.17) is 4.74 Å². The van der Waals surface area contributed by atoms with Crippen molar-refractivity contribution in [2.75, 3.05) is 25.0 Å². The van der Waals surface area contributed by atoms with Gasteiger partial charge in [0, 0.05) is 57.1 Å². The van der Waals surface area contributed by atoms with Gasteiger partial charge in [0.1, 0.15) is 17.3 Å². The first kappa shape index (κ1) is 25.8. The zero-order chi connectivity index (χ0) is 26.3. The summed E-state index contributed by atoms with van der Waals surface area (Å²) in [5.74, 6) is 1.34. The van der Waals surface area contributed by atoms with Crippen molar-refractivity contribution in [3.63, 3.8) is 0 Å². The molecule has 1 aliphatic rings. The van der Waals surface area contributed by atoms with Crippen molar-refractivity contribution in [3.05, 3.63) is 49.1 Å². The number of carbonyl (C=O) groups excluding carboxylic acids is 3. The Bertz CT molecular complexity index is 1230. The molecule has 0 bridgehead atoms. The van der Waals surface area contributed by atoms with Crippen molar-refractivity contribution < 1.29 is 19.1 Å². The summed E-state index contributed by atoms with van der Waals surface area (Å²) in [5, 5.41) is 9.83. The summed E-state index contributed by atoms with van der Waals surface area (Å²) in [6, 6.07) is 7.00. The minimum atomic E-state index is -0.697. The number of pyridine rings is 2. The number of rotatable bonds is 10. The highest BCUT2D eigenvalue weighted by atomic mass is 16.5. The van der Waals surface area contributed by atoms with E-state index in [2.05, 4.69) is 25.7 Å². The van der Waals surface area contributed by atoms with Crippen LogP contribution < -0.4 is 15.4 Å². The summed E-state index contributed by atoms with van der Waals surface area (Å²) < 4.78 is 7.78. The van der Waals surface area contributed by atoms with Crippen LogP contribution in [-0.2, 0) is 20.9 Å². The van der Waals surface area contributed by atoms with Gasteiger partial charge in [-0.3, -0.25) is 24.0 Å². The van der Waals surface area contributed by atoms with E-state index in [-0.39, 0.29) is 11.8 Å². The number of nitrogens with zero attached hydrogens (tertiary/aromatic N) is 5. The van der Waals surface area contributed by atoms with Crippen LogP contribution in [0, 0.1) is 5.41 Å². The minimum absolute atomic E-state index is 0.00497. The van der Waals surface area contributed by atoms with Crippen molar-refractivity contribution in [3.8, 4) is 22.8 Å². The van der Waals surface area contributed by atoms with Gasteiger partial charge in [-0.1, -0.05) is 0 Å². The Hall–Kier alpha value is -4.28. The molecular formula is C26H31N7O4.